The highest BCUT2D eigenvalue weighted by Crippen LogP contribution is 2.29. The van der Waals surface area contributed by atoms with Crippen molar-refractivity contribution < 1.29 is 19.1 Å². The Labute approximate surface area is 149 Å². The van der Waals surface area contributed by atoms with Gasteiger partial charge in [0.15, 0.2) is 11.5 Å². The van der Waals surface area contributed by atoms with Crippen molar-refractivity contribution in [2.24, 2.45) is 0 Å². The second kappa shape index (κ2) is 7.27. The number of hydrogen-bond acceptors (Lipinski definition) is 6. The topological polar surface area (TPSA) is 77.6 Å². The summed E-state index contributed by atoms with van der Waals surface area (Å²) in [4.78, 5) is 4.29. The van der Waals surface area contributed by atoms with Gasteiger partial charge in [-0.1, -0.05) is 22.8 Å². The van der Waals surface area contributed by atoms with Gasteiger partial charge in [-0.25, -0.2) is 0 Å². The summed E-state index contributed by atoms with van der Waals surface area (Å²) in [6.07, 6.45) is 1.65. The second-order valence-electron chi connectivity index (χ2n) is 5.08. The number of rotatable bonds is 5. The first-order chi connectivity index (χ1) is 12.1. The molecule has 1 aromatic heterocycles. The van der Waals surface area contributed by atoms with E-state index in [0.717, 1.165) is 16.9 Å². The van der Waals surface area contributed by atoms with Crippen LogP contribution in [0.15, 0.2) is 47.0 Å². The summed E-state index contributed by atoms with van der Waals surface area (Å²) in [5, 5.41) is 13.8. The van der Waals surface area contributed by atoms with Crippen molar-refractivity contribution in [2.75, 3.05) is 14.2 Å². The number of hydrogen-bond donors (Lipinski definition) is 1. The lowest BCUT2D eigenvalue weighted by molar-refractivity contribution is 0.373. The Kier molecular flexibility index (Phi) is 4.90. The lowest BCUT2D eigenvalue weighted by Gasteiger charge is -2.03. The van der Waals surface area contributed by atoms with Crippen LogP contribution in [0.3, 0.4) is 0 Å². The molecule has 0 aliphatic heterocycles. The van der Waals surface area contributed by atoms with Crippen molar-refractivity contribution in [3.8, 4) is 28.6 Å². The predicted molar refractivity (Wildman–Crippen MR) is 94.7 cm³/mol. The van der Waals surface area contributed by atoms with Crippen LogP contribution in [0.1, 0.15) is 11.5 Å². The van der Waals surface area contributed by atoms with Crippen LogP contribution in [0.4, 0.5) is 0 Å². The van der Waals surface area contributed by atoms with Crippen molar-refractivity contribution >= 4 is 22.7 Å². The van der Waals surface area contributed by atoms with Gasteiger partial charge in [-0.05, 0) is 48.0 Å². The van der Waals surface area contributed by atoms with Crippen molar-refractivity contribution in [3.05, 3.63) is 53.9 Å². The average Bonchev–Trinajstić information content (AvgIpc) is 3.13. The Morgan fingerprint density at radius 2 is 1.88 bits per heavy atom. The van der Waals surface area contributed by atoms with Gasteiger partial charge < -0.3 is 19.1 Å². The van der Waals surface area contributed by atoms with E-state index >= 15 is 0 Å². The molecule has 0 bridgehead atoms. The fraction of sp³-hybridized carbons (Fsp3) is 0.111. The van der Waals surface area contributed by atoms with Crippen molar-refractivity contribution in [1.82, 2.24) is 10.1 Å². The molecule has 0 aliphatic rings. The molecule has 0 fully saturated rings. The number of aromatic nitrogens is 2. The lowest BCUT2D eigenvalue weighted by Crippen LogP contribution is -1.85. The maximum absolute atomic E-state index is 9.62. The molecule has 0 saturated heterocycles. The fourth-order valence-corrected chi connectivity index (χ4v) is 2.37. The number of benzene rings is 2. The third kappa shape index (κ3) is 3.75. The van der Waals surface area contributed by atoms with Gasteiger partial charge in [-0.3, -0.25) is 0 Å². The largest absolute Gasteiger partial charge is 0.504 e. The smallest absolute Gasteiger partial charge is 0.269 e. The number of nitrogens with zero attached hydrogens (tertiary/aromatic N) is 2. The monoisotopic (exact) mass is 358 g/mol. The van der Waals surface area contributed by atoms with Crippen LogP contribution in [-0.4, -0.2) is 29.5 Å². The Hall–Kier alpha value is -2.99. The Morgan fingerprint density at radius 1 is 1.12 bits per heavy atom. The Bertz CT molecular complexity index is 904. The SMILES string of the molecule is COc1ccc(-c2noc(/C(Cl)=C/c3ccc(O)c(OC)c3)n2)cc1. The molecule has 0 aliphatic carbocycles. The summed E-state index contributed by atoms with van der Waals surface area (Å²) in [6.45, 7) is 0. The van der Waals surface area contributed by atoms with E-state index in [2.05, 4.69) is 10.1 Å². The molecule has 0 spiro atoms. The third-order valence-corrected chi connectivity index (χ3v) is 3.75. The highest BCUT2D eigenvalue weighted by atomic mass is 35.5. The van der Waals surface area contributed by atoms with E-state index in [9.17, 15) is 5.11 Å². The van der Waals surface area contributed by atoms with Gasteiger partial charge in [-0.15, -0.1) is 0 Å². The molecule has 0 unspecified atom stereocenters. The highest BCUT2D eigenvalue weighted by Gasteiger charge is 2.12. The van der Waals surface area contributed by atoms with Gasteiger partial charge in [-0.2, -0.15) is 4.98 Å². The van der Waals surface area contributed by atoms with E-state index in [0.29, 0.717) is 11.6 Å². The summed E-state index contributed by atoms with van der Waals surface area (Å²) in [5.74, 6) is 1.76. The molecule has 2 aromatic carbocycles. The van der Waals surface area contributed by atoms with Gasteiger partial charge in [0.25, 0.3) is 5.89 Å². The molecular weight excluding hydrogens is 344 g/mol. The first kappa shape index (κ1) is 16.9. The quantitative estimate of drug-likeness (QED) is 0.736. The molecule has 0 amide bonds. The number of phenolic OH excluding ortho intramolecular Hbond substituents is 1. The first-order valence-corrected chi connectivity index (χ1v) is 7.71. The second-order valence-corrected chi connectivity index (χ2v) is 5.48. The number of phenols is 1. The number of methoxy groups -OCH3 is 2. The van der Waals surface area contributed by atoms with E-state index in [-0.39, 0.29) is 16.7 Å². The fourth-order valence-electron chi connectivity index (χ4n) is 2.17. The normalized spacial score (nSPS) is 11.4. The molecule has 0 saturated carbocycles. The molecular formula is C18H15ClN2O4. The number of ether oxygens (including phenoxy) is 2. The lowest BCUT2D eigenvalue weighted by atomic mass is 10.2. The zero-order valence-electron chi connectivity index (χ0n) is 13.6. The van der Waals surface area contributed by atoms with E-state index < -0.39 is 0 Å². The molecule has 0 radical (unpaired) electrons. The minimum absolute atomic E-state index is 0.0513. The average molecular weight is 359 g/mol. The van der Waals surface area contributed by atoms with Gasteiger partial charge in [0, 0.05) is 5.56 Å². The zero-order chi connectivity index (χ0) is 17.8. The van der Waals surface area contributed by atoms with Crippen molar-refractivity contribution in [2.45, 2.75) is 0 Å². The molecule has 7 heteroatoms. The maximum atomic E-state index is 9.62. The van der Waals surface area contributed by atoms with Gasteiger partial charge in [0.1, 0.15) is 10.8 Å². The molecule has 1 heterocycles. The van der Waals surface area contributed by atoms with Crippen molar-refractivity contribution in [1.29, 1.82) is 0 Å². The summed E-state index contributed by atoms with van der Waals surface area (Å²) in [6, 6.07) is 12.1. The summed E-state index contributed by atoms with van der Waals surface area (Å²) in [7, 11) is 3.08. The number of aromatic hydroxyl groups is 1. The van der Waals surface area contributed by atoms with E-state index in [1.54, 1.807) is 25.3 Å². The van der Waals surface area contributed by atoms with Gasteiger partial charge in [0.05, 0.1) is 14.2 Å². The Morgan fingerprint density at radius 3 is 2.56 bits per heavy atom. The number of halogens is 1. The molecule has 6 nitrogen and oxygen atoms in total. The minimum Gasteiger partial charge on any atom is -0.504 e. The van der Waals surface area contributed by atoms with E-state index in [4.69, 9.17) is 25.6 Å². The zero-order valence-corrected chi connectivity index (χ0v) is 14.3. The van der Waals surface area contributed by atoms with Crippen molar-refractivity contribution in [3.63, 3.8) is 0 Å². The van der Waals surface area contributed by atoms with E-state index in [1.807, 2.05) is 24.3 Å². The van der Waals surface area contributed by atoms with Crippen LogP contribution < -0.4 is 9.47 Å². The summed E-state index contributed by atoms with van der Waals surface area (Å²) < 4.78 is 15.4. The Balaban J connectivity index is 1.85. The van der Waals surface area contributed by atoms with Crippen LogP contribution >= 0.6 is 11.6 Å². The molecule has 1 N–H and O–H groups in total. The molecule has 25 heavy (non-hydrogen) atoms. The van der Waals surface area contributed by atoms with Crippen LogP contribution in [0.2, 0.25) is 0 Å². The standard InChI is InChI=1S/C18H15ClN2O4/c1-23-13-6-4-12(5-7-13)17-20-18(25-21-17)14(19)9-11-3-8-15(22)16(10-11)24-2/h3-10,22H,1-2H3/b14-9-. The van der Waals surface area contributed by atoms with E-state index in [1.165, 1.54) is 13.2 Å². The molecule has 0 atom stereocenters. The van der Waals surface area contributed by atoms with Crippen LogP contribution in [0.25, 0.3) is 22.5 Å². The van der Waals surface area contributed by atoms with Gasteiger partial charge >= 0.3 is 0 Å². The predicted octanol–water partition coefficient (Wildman–Crippen LogP) is 4.20. The van der Waals surface area contributed by atoms with Crippen LogP contribution in [0.5, 0.6) is 17.2 Å². The van der Waals surface area contributed by atoms with Crippen LogP contribution in [0, 0.1) is 0 Å². The molecule has 3 rings (SSSR count). The molecule has 3 aromatic rings. The highest BCUT2D eigenvalue weighted by molar-refractivity contribution is 6.50. The van der Waals surface area contributed by atoms with Gasteiger partial charge in [0.2, 0.25) is 5.82 Å². The van der Waals surface area contributed by atoms with Crippen LogP contribution in [-0.2, 0) is 0 Å². The minimum atomic E-state index is 0.0513. The third-order valence-electron chi connectivity index (χ3n) is 3.48. The summed E-state index contributed by atoms with van der Waals surface area (Å²) in [5.41, 5.74) is 1.51. The summed E-state index contributed by atoms with van der Waals surface area (Å²) >= 11 is 6.27. The first-order valence-electron chi connectivity index (χ1n) is 7.33. The molecule has 128 valence electrons. The maximum Gasteiger partial charge on any atom is 0.269 e.